The molecule has 0 heterocycles. The summed E-state index contributed by atoms with van der Waals surface area (Å²) in [6.45, 7) is 1.75. The van der Waals surface area contributed by atoms with Crippen LogP contribution >= 0.6 is 11.6 Å². The maximum absolute atomic E-state index is 11.6. The number of azo groups is 1. The van der Waals surface area contributed by atoms with Crippen molar-refractivity contribution in [2.45, 2.75) is 6.92 Å². The van der Waals surface area contributed by atoms with Gasteiger partial charge in [0.2, 0.25) is 5.70 Å². The standard InChI is InChI=1S/C14H15ClN2O5/c1-3-22-14(20)12(11(18)8-15)17-16-10-6-4-9(5-7-10)13(19)21-2/h4-7,18H,3,8H2,1-2H3/b12-11+,17-16?. The van der Waals surface area contributed by atoms with Crippen LogP contribution in [0.3, 0.4) is 0 Å². The second-order valence-corrected chi connectivity index (χ2v) is 4.16. The minimum absolute atomic E-state index is 0.126. The minimum atomic E-state index is -0.824. The van der Waals surface area contributed by atoms with Gasteiger partial charge in [0, 0.05) is 0 Å². The minimum Gasteiger partial charge on any atom is -0.508 e. The van der Waals surface area contributed by atoms with Gasteiger partial charge in [0.1, 0.15) is 5.76 Å². The second-order valence-electron chi connectivity index (χ2n) is 3.89. The van der Waals surface area contributed by atoms with Crippen molar-refractivity contribution < 1.29 is 24.2 Å². The van der Waals surface area contributed by atoms with Crippen molar-refractivity contribution in [3.05, 3.63) is 41.3 Å². The molecule has 0 fully saturated rings. The molecule has 0 amide bonds. The van der Waals surface area contributed by atoms with Crippen molar-refractivity contribution in [1.29, 1.82) is 0 Å². The summed E-state index contributed by atoms with van der Waals surface area (Å²) < 4.78 is 9.32. The van der Waals surface area contributed by atoms with Gasteiger partial charge in [-0.2, -0.15) is 5.11 Å². The van der Waals surface area contributed by atoms with Crippen LogP contribution in [-0.2, 0) is 14.3 Å². The molecule has 0 aliphatic carbocycles. The first kappa shape index (κ1) is 17.6. The average molecular weight is 327 g/mol. The molecule has 118 valence electrons. The maximum Gasteiger partial charge on any atom is 0.362 e. The fourth-order valence-corrected chi connectivity index (χ4v) is 1.50. The summed E-state index contributed by atoms with van der Waals surface area (Å²) in [4.78, 5) is 22.9. The van der Waals surface area contributed by atoms with Gasteiger partial charge in [-0.25, -0.2) is 9.59 Å². The zero-order valence-corrected chi connectivity index (χ0v) is 12.8. The van der Waals surface area contributed by atoms with Gasteiger partial charge in [-0.15, -0.1) is 16.7 Å². The molecule has 8 heteroatoms. The van der Waals surface area contributed by atoms with Crippen LogP contribution in [0, 0.1) is 0 Å². The Morgan fingerprint density at radius 3 is 2.41 bits per heavy atom. The topological polar surface area (TPSA) is 97.6 Å². The summed E-state index contributed by atoms with van der Waals surface area (Å²) in [5.74, 6) is -2.03. The van der Waals surface area contributed by atoms with Crippen LogP contribution in [-0.4, -0.2) is 36.6 Å². The van der Waals surface area contributed by atoms with Crippen LogP contribution in [0.1, 0.15) is 17.3 Å². The predicted molar refractivity (Wildman–Crippen MR) is 79.3 cm³/mol. The molecular formula is C14H15ClN2O5. The van der Waals surface area contributed by atoms with E-state index in [1.165, 1.54) is 31.4 Å². The van der Waals surface area contributed by atoms with Crippen molar-refractivity contribution in [2.24, 2.45) is 10.2 Å². The van der Waals surface area contributed by atoms with Gasteiger partial charge in [0.05, 0.1) is 30.8 Å². The molecule has 0 saturated heterocycles. The molecule has 1 aromatic carbocycles. The number of aliphatic hydroxyl groups is 1. The molecule has 0 unspecified atom stereocenters. The quantitative estimate of drug-likeness (QED) is 0.285. The number of aliphatic hydroxyl groups excluding tert-OH is 1. The molecular weight excluding hydrogens is 312 g/mol. The van der Waals surface area contributed by atoms with Crippen molar-refractivity contribution >= 4 is 29.2 Å². The van der Waals surface area contributed by atoms with E-state index in [0.717, 1.165) is 0 Å². The van der Waals surface area contributed by atoms with E-state index in [9.17, 15) is 14.7 Å². The average Bonchev–Trinajstić information content (AvgIpc) is 2.54. The van der Waals surface area contributed by atoms with E-state index in [4.69, 9.17) is 16.3 Å². The number of hydrogen-bond donors (Lipinski definition) is 1. The van der Waals surface area contributed by atoms with Crippen LogP contribution in [0.25, 0.3) is 0 Å². The SMILES string of the molecule is CCOC(=O)/C(N=Nc1ccc(C(=O)OC)cc1)=C(\O)CCl. The third-order valence-corrected chi connectivity index (χ3v) is 2.68. The summed E-state index contributed by atoms with van der Waals surface area (Å²) in [7, 11) is 1.28. The molecule has 22 heavy (non-hydrogen) atoms. The smallest absolute Gasteiger partial charge is 0.362 e. The number of hydrogen-bond acceptors (Lipinski definition) is 7. The molecule has 0 aromatic heterocycles. The summed E-state index contributed by atoms with van der Waals surface area (Å²) in [5, 5.41) is 17.0. The van der Waals surface area contributed by atoms with E-state index in [2.05, 4.69) is 15.0 Å². The molecule has 0 bridgehead atoms. The number of carbonyl (C=O) groups excluding carboxylic acids is 2. The van der Waals surface area contributed by atoms with Crippen LogP contribution in [0.5, 0.6) is 0 Å². The van der Waals surface area contributed by atoms with E-state index < -0.39 is 17.7 Å². The van der Waals surface area contributed by atoms with Crippen molar-refractivity contribution in [1.82, 2.24) is 0 Å². The van der Waals surface area contributed by atoms with E-state index in [1.54, 1.807) is 6.92 Å². The Kier molecular flexibility index (Phi) is 7.04. The Labute approximate surface area is 132 Å². The highest BCUT2D eigenvalue weighted by molar-refractivity contribution is 6.19. The summed E-state index contributed by atoms with van der Waals surface area (Å²) >= 11 is 5.48. The number of rotatable bonds is 6. The molecule has 1 rings (SSSR count). The number of nitrogens with zero attached hydrogens (tertiary/aromatic N) is 2. The first-order valence-electron chi connectivity index (χ1n) is 6.28. The van der Waals surface area contributed by atoms with Crippen molar-refractivity contribution in [3.8, 4) is 0 Å². The van der Waals surface area contributed by atoms with Crippen LogP contribution < -0.4 is 0 Å². The van der Waals surface area contributed by atoms with Crippen LogP contribution in [0.2, 0.25) is 0 Å². The van der Waals surface area contributed by atoms with Crippen LogP contribution in [0.4, 0.5) is 5.69 Å². The van der Waals surface area contributed by atoms with Crippen molar-refractivity contribution in [2.75, 3.05) is 19.6 Å². The first-order chi connectivity index (χ1) is 10.5. The largest absolute Gasteiger partial charge is 0.508 e. The Hall–Kier alpha value is -2.41. The Morgan fingerprint density at radius 1 is 1.27 bits per heavy atom. The fraction of sp³-hybridized carbons (Fsp3) is 0.286. The Balaban J connectivity index is 2.96. The molecule has 0 aliphatic rings. The second kappa shape index (κ2) is 8.78. The first-order valence-corrected chi connectivity index (χ1v) is 6.82. The lowest BCUT2D eigenvalue weighted by Crippen LogP contribution is -2.09. The Morgan fingerprint density at radius 2 is 1.91 bits per heavy atom. The van der Waals surface area contributed by atoms with E-state index >= 15 is 0 Å². The highest BCUT2D eigenvalue weighted by Crippen LogP contribution is 2.17. The third-order valence-electron chi connectivity index (χ3n) is 2.42. The molecule has 1 aromatic rings. The number of ether oxygens (including phenoxy) is 2. The third kappa shape index (κ3) is 4.85. The monoisotopic (exact) mass is 326 g/mol. The summed E-state index contributed by atoms with van der Waals surface area (Å²) in [5.41, 5.74) is 0.358. The molecule has 0 atom stereocenters. The van der Waals surface area contributed by atoms with Gasteiger partial charge >= 0.3 is 11.9 Å². The van der Waals surface area contributed by atoms with Gasteiger partial charge in [0.15, 0.2) is 0 Å². The van der Waals surface area contributed by atoms with Crippen molar-refractivity contribution in [3.63, 3.8) is 0 Å². The lowest BCUT2D eigenvalue weighted by Gasteiger charge is -2.03. The molecule has 0 spiro atoms. The zero-order valence-electron chi connectivity index (χ0n) is 12.1. The number of alkyl halides is 1. The lowest BCUT2D eigenvalue weighted by molar-refractivity contribution is -0.138. The number of esters is 2. The number of methoxy groups -OCH3 is 1. The lowest BCUT2D eigenvalue weighted by atomic mass is 10.2. The predicted octanol–water partition coefficient (Wildman–Crippen LogP) is 3.13. The fourth-order valence-electron chi connectivity index (χ4n) is 1.37. The molecule has 0 aliphatic heterocycles. The number of benzene rings is 1. The molecule has 1 N–H and O–H groups in total. The highest BCUT2D eigenvalue weighted by Gasteiger charge is 2.16. The number of allylic oxidation sites excluding steroid dienone is 1. The van der Waals surface area contributed by atoms with E-state index in [-0.39, 0.29) is 18.2 Å². The van der Waals surface area contributed by atoms with Gasteiger partial charge in [-0.3, -0.25) is 0 Å². The van der Waals surface area contributed by atoms with E-state index in [0.29, 0.717) is 11.3 Å². The summed E-state index contributed by atoms with van der Waals surface area (Å²) in [6, 6.07) is 6.01. The van der Waals surface area contributed by atoms with Gasteiger partial charge in [-0.05, 0) is 31.2 Å². The maximum atomic E-state index is 11.6. The van der Waals surface area contributed by atoms with Gasteiger partial charge in [-0.1, -0.05) is 0 Å². The molecule has 7 nitrogen and oxygen atoms in total. The van der Waals surface area contributed by atoms with E-state index in [1.807, 2.05) is 0 Å². The number of halogens is 1. The number of carbonyl (C=O) groups is 2. The van der Waals surface area contributed by atoms with Gasteiger partial charge < -0.3 is 14.6 Å². The molecule has 0 saturated carbocycles. The summed E-state index contributed by atoms with van der Waals surface area (Å²) in [6.07, 6.45) is 0. The van der Waals surface area contributed by atoms with Crippen LogP contribution in [0.15, 0.2) is 46.0 Å². The molecule has 0 radical (unpaired) electrons. The highest BCUT2D eigenvalue weighted by atomic mass is 35.5. The zero-order chi connectivity index (χ0) is 16.5. The normalized spacial score (nSPS) is 12.0. The van der Waals surface area contributed by atoms with Gasteiger partial charge in [0.25, 0.3) is 0 Å². The Bertz CT molecular complexity index is 596.